The molecule has 2 heterocycles. The number of halogens is 1. The zero-order chi connectivity index (χ0) is 21.7. The van der Waals surface area contributed by atoms with Gasteiger partial charge in [-0.15, -0.1) is 0 Å². The van der Waals surface area contributed by atoms with Gasteiger partial charge in [0.25, 0.3) is 0 Å². The molecule has 30 heavy (non-hydrogen) atoms. The molecule has 2 aromatic rings. The Morgan fingerprint density at radius 1 is 1.30 bits per heavy atom. The van der Waals surface area contributed by atoms with Crippen LogP contribution in [0.2, 0.25) is 0 Å². The smallest absolute Gasteiger partial charge is 0.410 e. The third-order valence-corrected chi connectivity index (χ3v) is 6.80. The number of methoxy groups -OCH3 is 1. The van der Waals surface area contributed by atoms with E-state index in [0.717, 1.165) is 26.6 Å². The van der Waals surface area contributed by atoms with Crippen LogP contribution >= 0.6 is 15.9 Å². The average Bonchev–Trinajstić information content (AvgIpc) is 2.69. The lowest BCUT2D eigenvalue weighted by molar-refractivity contribution is -0.161. The molecule has 0 radical (unpaired) electrons. The van der Waals surface area contributed by atoms with Gasteiger partial charge in [0.05, 0.1) is 18.0 Å². The fourth-order valence-electron chi connectivity index (χ4n) is 4.77. The van der Waals surface area contributed by atoms with E-state index in [1.54, 1.807) is 4.90 Å². The molecule has 1 aliphatic carbocycles. The van der Waals surface area contributed by atoms with Crippen molar-refractivity contribution in [2.24, 2.45) is 11.3 Å². The van der Waals surface area contributed by atoms with Gasteiger partial charge in [-0.3, -0.25) is 9.78 Å². The highest BCUT2D eigenvalue weighted by atomic mass is 79.9. The summed E-state index contributed by atoms with van der Waals surface area (Å²) in [7, 11) is 1.42. The number of likely N-dealkylation sites (tertiary alicyclic amines) is 1. The first-order chi connectivity index (χ1) is 14.1. The van der Waals surface area contributed by atoms with Gasteiger partial charge in [-0.1, -0.05) is 12.1 Å². The second-order valence-corrected chi connectivity index (χ2v) is 10.2. The number of ether oxygens (including phenoxy) is 2. The van der Waals surface area contributed by atoms with E-state index in [2.05, 4.69) is 22.0 Å². The fourth-order valence-corrected chi connectivity index (χ4v) is 5.24. The van der Waals surface area contributed by atoms with Crippen molar-refractivity contribution in [3.05, 3.63) is 40.0 Å². The molecule has 1 aromatic carbocycles. The Kier molecular flexibility index (Phi) is 5.29. The van der Waals surface area contributed by atoms with E-state index in [1.165, 1.54) is 7.11 Å². The van der Waals surface area contributed by atoms with Crippen molar-refractivity contribution < 1.29 is 19.1 Å². The molecule has 0 spiro atoms. The van der Waals surface area contributed by atoms with Crippen molar-refractivity contribution in [2.75, 3.05) is 20.2 Å². The molecule has 0 saturated carbocycles. The number of carbonyl (C=O) groups is 2. The summed E-state index contributed by atoms with van der Waals surface area (Å²) in [6, 6.07) is 8.11. The molecule has 1 amide bonds. The van der Waals surface area contributed by atoms with E-state index < -0.39 is 11.0 Å². The maximum atomic E-state index is 13.1. The molecular formula is C23H27BrN2O4. The van der Waals surface area contributed by atoms with Crippen LogP contribution in [0.4, 0.5) is 4.79 Å². The second-order valence-electron chi connectivity index (χ2n) is 9.32. The van der Waals surface area contributed by atoms with Gasteiger partial charge in [0.15, 0.2) is 0 Å². The lowest BCUT2D eigenvalue weighted by atomic mass is 9.62. The number of esters is 1. The molecule has 1 fully saturated rings. The molecule has 0 unspecified atom stereocenters. The Hall–Kier alpha value is -2.15. The summed E-state index contributed by atoms with van der Waals surface area (Å²) in [5.74, 6) is -0.190. The van der Waals surface area contributed by atoms with E-state index in [4.69, 9.17) is 14.5 Å². The quantitative estimate of drug-likeness (QED) is 0.568. The number of amides is 1. The molecule has 7 heteroatoms. The molecule has 1 aliphatic heterocycles. The van der Waals surface area contributed by atoms with Gasteiger partial charge >= 0.3 is 12.1 Å². The van der Waals surface area contributed by atoms with Crippen molar-refractivity contribution >= 4 is 38.9 Å². The van der Waals surface area contributed by atoms with Crippen LogP contribution in [0.25, 0.3) is 10.9 Å². The minimum absolute atomic E-state index is 0.0728. The summed E-state index contributed by atoms with van der Waals surface area (Å²) in [5.41, 5.74) is 1.66. The summed E-state index contributed by atoms with van der Waals surface area (Å²) < 4.78 is 11.8. The molecule has 160 valence electrons. The van der Waals surface area contributed by atoms with E-state index >= 15 is 0 Å². The number of hydrogen-bond donors (Lipinski definition) is 0. The van der Waals surface area contributed by atoms with Crippen LogP contribution in [0.15, 0.2) is 28.7 Å². The standard InChI is InChI=1S/C23H27BrN2O4/c1-22(2,3)30-21(28)26-9-8-16-11-18-15(12-23(16,13-26)20(27)29-4)10-14-6-5-7-17(24)19(14)25-18/h5-7,10,16H,8-9,11-13H2,1-4H3/t16-,23-/m0/s1. The number of pyridine rings is 1. The Morgan fingerprint density at radius 2 is 2.07 bits per heavy atom. The van der Waals surface area contributed by atoms with Crippen LogP contribution in [-0.2, 0) is 27.1 Å². The largest absolute Gasteiger partial charge is 0.469 e. The Labute approximate surface area is 185 Å². The highest BCUT2D eigenvalue weighted by molar-refractivity contribution is 9.10. The number of rotatable bonds is 1. The molecule has 2 atom stereocenters. The average molecular weight is 475 g/mol. The fraction of sp³-hybridized carbons (Fsp3) is 0.522. The Bertz CT molecular complexity index is 1020. The molecule has 2 aliphatic rings. The normalized spacial score (nSPS) is 23.5. The molecule has 0 bridgehead atoms. The molecule has 6 nitrogen and oxygen atoms in total. The van der Waals surface area contributed by atoms with Crippen molar-refractivity contribution in [1.29, 1.82) is 0 Å². The van der Waals surface area contributed by atoms with Gasteiger partial charge in [0.2, 0.25) is 0 Å². The molecular weight excluding hydrogens is 448 g/mol. The highest BCUT2D eigenvalue weighted by Gasteiger charge is 2.54. The molecule has 4 rings (SSSR count). The summed E-state index contributed by atoms with van der Waals surface area (Å²) in [6.07, 6.45) is 1.54. The third kappa shape index (κ3) is 3.68. The van der Waals surface area contributed by atoms with Gasteiger partial charge in [-0.25, -0.2) is 4.79 Å². The van der Waals surface area contributed by atoms with Crippen LogP contribution in [0.3, 0.4) is 0 Å². The SMILES string of the molecule is COC(=O)[C@]12Cc3cc4cccc(Br)c4nc3C[C@@H]1CCN(C(=O)OC(C)(C)C)C2. The van der Waals surface area contributed by atoms with Gasteiger partial charge in [0, 0.05) is 28.6 Å². The van der Waals surface area contributed by atoms with Crippen LogP contribution < -0.4 is 0 Å². The van der Waals surface area contributed by atoms with Gasteiger partial charge in [0.1, 0.15) is 5.60 Å². The van der Waals surface area contributed by atoms with Gasteiger partial charge < -0.3 is 14.4 Å². The predicted molar refractivity (Wildman–Crippen MR) is 117 cm³/mol. The molecule has 0 N–H and O–H groups in total. The summed E-state index contributed by atoms with van der Waals surface area (Å²) in [4.78, 5) is 32.4. The minimum Gasteiger partial charge on any atom is -0.469 e. The van der Waals surface area contributed by atoms with Crippen LogP contribution in [-0.4, -0.2) is 47.7 Å². The first-order valence-electron chi connectivity index (χ1n) is 10.3. The van der Waals surface area contributed by atoms with Crippen LogP contribution in [0.5, 0.6) is 0 Å². The number of fused-ring (bicyclic) bond motifs is 3. The highest BCUT2D eigenvalue weighted by Crippen LogP contribution is 2.46. The van der Waals surface area contributed by atoms with E-state index in [-0.39, 0.29) is 18.0 Å². The van der Waals surface area contributed by atoms with E-state index in [9.17, 15) is 9.59 Å². The van der Waals surface area contributed by atoms with Crippen molar-refractivity contribution in [1.82, 2.24) is 9.88 Å². The first-order valence-corrected chi connectivity index (χ1v) is 11.1. The maximum absolute atomic E-state index is 13.1. The van der Waals surface area contributed by atoms with Crippen molar-refractivity contribution in [3.8, 4) is 0 Å². The van der Waals surface area contributed by atoms with E-state index in [0.29, 0.717) is 32.4 Å². The Balaban J connectivity index is 1.72. The number of para-hydroxylation sites is 1. The second kappa shape index (κ2) is 7.52. The number of benzene rings is 1. The van der Waals surface area contributed by atoms with Gasteiger partial charge in [-0.05, 0) is 79.6 Å². The van der Waals surface area contributed by atoms with Crippen molar-refractivity contribution in [2.45, 2.75) is 45.6 Å². The minimum atomic E-state index is -0.779. The zero-order valence-corrected chi connectivity index (χ0v) is 19.4. The maximum Gasteiger partial charge on any atom is 0.410 e. The third-order valence-electron chi connectivity index (χ3n) is 6.16. The van der Waals surface area contributed by atoms with E-state index in [1.807, 2.05) is 39.0 Å². The zero-order valence-electron chi connectivity index (χ0n) is 17.8. The lowest BCUT2D eigenvalue weighted by Gasteiger charge is -2.48. The Morgan fingerprint density at radius 3 is 2.77 bits per heavy atom. The van der Waals surface area contributed by atoms with Crippen LogP contribution in [0, 0.1) is 11.3 Å². The lowest BCUT2D eigenvalue weighted by Crippen LogP contribution is -2.58. The summed E-state index contributed by atoms with van der Waals surface area (Å²) >= 11 is 3.59. The number of piperidine rings is 1. The topological polar surface area (TPSA) is 68.7 Å². The van der Waals surface area contributed by atoms with Crippen LogP contribution in [0.1, 0.15) is 38.4 Å². The monoisotopic (exact) mass is 474 g/mol. The number of hydrogen-bond acceptors (Lipinski definition) is 5. The number of nitrogens with zero attached hydrogens (tertiary/aromatic N) is 2. The van der Waals surface area contributed by atoms with Gasteiger partial charge in [-0.2, -0.15) is 0 Å². The number of aromatic nitrogens is 1. The first kappa shape index (κ1) is 21.1. The number of carbonyl (C=O) groups excluding carboxylic acids is 2. The summed E-state index contributed by atoms with van der Waals surface area (Å²) in [6.45, 7) is 6.40. The molecule has 1 aromatic heterocycles. The van der Waals surface area contributed by atoms with Crippen molar-refractivity contribution in [3.63, 3.8) is 0 Å². The molecule has 1 saturated heterocycles. The summed E-state index contributed by atoms with van der Waals surface area (Å²) in [5, 5.41) is 1.03. The predicted octanol–water partition coefficient (Wildman–Crippen LogP) is 4.51.